The number of hydrogen-bond acceptors (Lipinski definition) is 4. The molecule has 0 radical (unpaired) electrons. The van der Waals surface area contributed by atoms with Crippen molar-refractivity contribution in [3.63, 3.8) is 0 Å². The highest BCUT2D eigenvalue weighted by Gasteiger charge is 2.24. The number of hydrogen-bond donors (Lipinski definition) is 1. The molecule has 0 saturated carbocycles. The number of ketones is 2. The lowest BCUT2D eigenvalue weighted by molar-refractivity contribution is -0.111. The van der Waals surface area contributed by atoms with Crippen molar-refractivity contribution in [1.29, 1.82) is 0 Å². The van der Waals surface area contributed by atoms with Gasteiger partial charge in [-0.2, -0.15) is 0 Å². The van der Waals surface area contributed by atoms with E-state index in [0.29, 0.717) is 5.56 Å². The molecule has 118 valence electrons. The summed E-state index contributed by atoms with van der Waals surface area (Å²) in [5.41, 5.74) is 2.10. The van der Waals surface area contributed by atoms with Crippen LogP contribution >= 0.6 is 0 Å². The van der Waals surface area contributed by atoms with Crippen LogP contribution in [-0.2, 0) is 4.79 Å². The Morgan fingerprint density at radius 2 is 1.68 bits per heavy atom. The Balaban J connectivity index is 1.89. The first-order chi connectivity index (χ1) is 10.7. The van der Waals surface area contributed by atoms with Gasteiger partial charge in [-0.15, -0.1) is 0 Å². The fourth-order valence-corrected chi connectivity index (χ4v) is 2.69. The van der Waals surface area contributed by atoms with Gasteiger partial charge in [-0.05, 0) is 32.5 Å². The summed E-state index contributed by atoms with van der Waals surface area (Å²) in [7, 11) is 0. The number of fused-ring (bicyclic) bond motifs is 1. The van der Waals surface area contributed by atoms with E-state index < -0.39 is 11.6 Å². The first-order valence-corrected chi connectivity index (χ1v) is 8.03. The first-order valence-electron chi connectivity index (χ1n) is 8.03. The Morgan fingerprint density at radius 3 is 2.36 bits per heavy atom. The van der Waals surface area contributed by atoms with Crippen LogP contribution in [0.15, 0.2) is 30.3 Å². The summed E-state index contributed by atoms with van der Waals surface area (Å²) in [6.07, 6.45) is 3.59. The van der Waals surface area contributed by atoms with E-state index in [1.807, 2.05) is 12.1 Å². The van der Waals surface area contributed by atoms with E-state index in [4.69, 9.17) is 0 Å². The summed E-state index contributed by atoms with van der Waals surface area (Å²) in [6.45, 7) is 8.42. The minimum atomic E-state index is -0.440. The van der Waals surface area contributed by atoms with Gasteiger partial charge in [0.25, 0.3) is 0 Å². The zero-order valence-electron chi connectivity index (χ0n) is 13.4. The van der Waals surface area contributed by atoms with Gasteiger partial charge in [0.15, 0.2) is 0 Å². The predicted octanol–water partition coefficient (Wildman–Crippen LogP) is 2.50. The number of nitrogens with zero attached hydrogens (tertiary/aromatic N) is 1. The molecule has 22 heavy (non-hydrogen) atoms. The maximum atomic E-state index is 11.9. The monoisotopic (exact) mass is 300 g/mol. The fraction of sp³-hybridized carbons (Fsp3) is 0.444. The summed E-state index contributed by atoms with van der Waals surface area (Å²) in [4.78, 5) is 26.0. The molecular weight excluding hydrogens is 276 g/mol. The van der Waals surface area contributed by atoms with Crippen molar-refractivity contribution in [3.8, 4) is 0 Å². The van der Waals surface area contributed by atoms with E-state index >= 15 is 0 Å². The van der Waals surface area contributed by atoms with Crippen LogP contribution in [0.3, 0.4) is 0 Å². The van der Waals surface area contributed by atoms with Crippen molar-refractivity contribution in [2.75, 3.05) is 26.2 Å². The highest BCUT2D eigenvalue weighted by molar-refractivity contribution is 6.50. The Labute approximate surface area is 132 Å². The first kappa shape index (κ1) is 16.4. The molecule has 0 fully saturated rings. The lowest BCUT2D eigenvalue weighted by atomic mass is 9.93. The second-order valence-electron chi connectivity index (χ2n) is 5.46. The third kappa shape index (κ3) is 3.83. The van der Waals surface area contributed by atoms with Gasteiger partial charge in [-0.3, -0.25) is 9.59 Å². The molecule has 0 aliphatic heterocycles. The second kappa shape index (κ2) is 7.90. The van der Waals surface area contributed by atoms with E-state index in [1.54, 1.807) is 12.1 Å². The number of carbonyl (C=O) groups excluding carboxylic acids is 2. The van der Waals surface area contributed by atoms with Crippen molar-refractivity contribution in [2.45, 2.75) is 26.7 Å². The van der Waals surface area contributed by atoms with Crippen molar-refractivity contribution in [3.05, 3.63) is 41.5 Å². The number of carbonyl (C=O) groups is 2. The molecule has 1 aromatic carbocycles. The normalized spacial score (nSPS) is 14.0. The molecule has 0 unspecified atom stereocenters. The number of benzene rings is 1. The van der Waals surface area contributed by atoms with Crippen LogP contribution in [-0.4, -0.2) is 42.6 Å². The predicted molar refractivity (Wildman–Crippen MR) is 88.8 cm³/mol. The van der Waals surface area contributed by atoms with Gasteiger partial charge >= 0.3 is 0 Å². The number of unbranched alkanes of at least 4 members (excludes halogenated alkanes) is 1. The Kier molecular flexibility index (Phi) is 5.90. The highest BCUT2D eigenvalue weighted by Crippen LogP contribution is 2.22. The van der Waals surface area contributed by atoms with Gasteiger partial charge in [0.1, 0.15) is 0 Å². The molecule has 0 aromatic heterocycles. The van der Waals surface area contributed by atoms with Crippen molar-refractivity contribution in [2.24, 2.45) is 0 Å². The average Bonchev–Trinajstić information content (AvgIpc) is 2.55. The lowest BCUT2D eigenvalue weighted by Gasteiger charge is -2.19. The van der Waals surface area contributed by atoms with Crippen LogP contribution in [0.25, 0.3) is 5.70 Å². The summed E-state index contributed by atoms with van der Waals surface area (Å²) < 4.78 is 0. The van der Waals surface area contributed by atoms with Crippen LogP contribution in [0, 0.1) is 0 Å². The van der Waals surface area contributed by atoms with Gasteiger partial charge in [-0.25, -0.2) is 0 Å². The van der Waals surface area contributed by atoms with E-state index in [1.165, 1.54) is 6.08 Å². The molecule has 1 aliphatic carbocycles. The number of rotatable bonds is 8. The van der Waals surface area contributed by atoms with E-state index in [-0.39, 0.29) is 0 Å². The number of nitrogens with one attached hydrogen (secondary N) is 1. The van der Waals surface area contributed by atoms with Crippen molar-refractivity contribution < 1.29 is 9.59 Å². The van der Waals surface area contributed by atoms with E-state index in [2.05, 4.69) is 24.1 Å². The van der Waals surface area contributed by atoms with E-state index in [0.717, 1.165) is 50.3 Å². The maximum Gasteiger partial charge on any atom is 0.233 e. The second-order valence-corrected chi connectivity index (χ2v) is 5.46. The zero-order chi connectivity index (χ0) is 15.9. The smallest absolute Gasteiger partial charge is 0.233 e. The molecule has 4 heteroatoms. The Bertz CT molecular complexity index is 574. The van der Waals surface area contributed by atoms with Crippen LogP contribution in [0.2, 0.25) is 0 Å². The molecule has 1 aromatic rings. The average molecular weight is 300 g/mol. The molecule has 0 saturated heterocycles. The van der Waals surface area contributed by atoms with Crippen molar-refractivity contribution >= 4 is 17.3 Å². The third-order valence-electron chi connectivity index (χ3n) is 4.07. The van der Waals surface area contributed by atoms with Gasteiger partial charge in [-0.1, -0.05) is 38.1 Å². The molecule has 1 N–H and O–H groups in total. The van der Waals surface area contributed by atoms with Gasteiger partial charge in [0.2, 0.25) is 11.6 Å². The quantitative estimate of drug-likeness (QED) is 0.592. The largest absolute Gasteiger partial charge is 0.384 e. The molecule has 4 nitrogen and oxygen atoms in total. The van der Waals surface area contributed by atoms with Crippen LogP contribution in [0.4, 0.5) is 0 Å². The van der Waals surface area contributed by atoms with Crippen LogP contribution < -0.4 is 5.32 Å². The molecule has 0 spiro atoms. The maximum absolute atomic E-state index is 11.9. The summed E-state index contributed by atoms with van der Waals surface area (Å²) in [5, 5.41) is 3.31. The minimum absolute atomic E-state index is 0.414. The summed E-state index contributed by atoms with van der Waals surface area (Å²) in [6, 6.07) is 7.27. The number of allylic oxidation sites excluding steroid dienone is 1. The summed E-state index contributed by atoms with van der Waals surface area (Å²) in [5.74, 6) is -0.855. The topological polar surface area (TPSA) is 49.4 Å². The van der Waals surface area contributed by atoms with Gasteiger partial charge in [0, 0.05) is 29.4 Å². The minimum Gasteiger partial charge on any atom is -0.384 e. The highest BCUT2D eigenvalue weighted by atomic mass is 16.2. The Morgan fingerprint density at radius 1 is 1.00 bits per heavy atom. The molecule has 0 heterocycles. The summed E-state index contributed by atoms with van der Waals surface area (Å²) >= 11 is 0. The standard InChI is InChI=1S/C18H24N2O2/c1-3-20(4-2)12-8-7-11-19-16-13-17(21)18(22)15-10-6-5-9-14(15)16/h5-6,9-10,13,19H,3-4,7-8,11-12H2,1-2H3. The van der Waals surface area contributed by atoms with Crippen LogP contribution in [0.5, 0.6) is 0 Å². The van der Waals surface area contributed by atoms with Gasteiger partial charge < -0.3 is 10.2 Å². The van der Waals surface area contributed by atoms with Crippen molar-refractivity contribution in [1.82, 2.24) is 10.2 Å². The molecule has 1 aliphatic rings. The van der Waals surface area contributed by atoms with Gasteiger partial charge in [0.05, 0.1) is 0 Å². The van der Waals surface area contributed by atoms with Crippen LogP contribution in [0.1, 0.15) is 42.6 Å². The lowest BCUT2D eigenvalue weighted by Crippen LogP contribution is -2.26. The number of Topliss-reactive ketones (excluding diaryl/α,β-unsaturated/α-hetero) is 1. The SMILES string of the molecule is CCN(CC)CCCCNC1=CC(=O)C(=O)c2ccccc21. The zero-order valence-corrected chi connectivity index (χ0v) is 13.4. The molecule has 2 rings (SSSR count). The third-order valence-corrected chi connectivity index (χ3v) is 4.07. The molecule has 0 atom stereocenters. The fourth-order valence-electron chi connectivity index (χ4n) is 2.69. The Hall–Kier alpha value is -1.94. The van der Waals surface area contributed by atoms with E-state index in [9.17, 15) is 9.59 Å². The molecular formula is C18H24N2O2. The molecule has 0 bridgehead atoms. The molecule has 0 amide bonds.